The lowest BCUT2D eigenvalue weighted by molar-refractivity contribution is -0.274. The molecule has 7 nitrogen and oxygen atoms in total. The summed E-state index contributed by atoms with van der Waals surface area (Å²) >= 11 is 1.16. The van der Waals surface area contributed by atoms with Gasteiger partial charge in [-0.05, 0) is 55.7 Å². The smallest absolute Gasteiger partial charge is 0.467 e. The van der Waals surface area contributed by atoms with Gasteiger partial charge in [-0.1, -0.05) is 11.8 Å². The number of hydrogen-bond donors (Lipinski definition) is 1. The number of halogens is 3. The van der Waals surface area contributed by atoms with Gasteiger partial charge in [0.15, 0.2) is 0 Å². The van der Waals surface area contributed by atoms with Crippen molar-refractivity contribution in [2.45, 2.75) is 37.2 Å². The summed E-state index contributed by atoms with van der Waals surface area (Å²) in [5, 5.41) is 3.14. The predicted molar refractivity (Wildman–Crippen MR) is 111 cm³/mol. The van der Waals surface area contributed by atoms with Gasteiger partial charge in [0.2, 0.25) is 5.91 Å². The fourth-order valence-electron chi connectivity index (χ4n) is 3.50. The number of carbonyl (C=O) groups excluding carboxylic acids is 1. The van der Waals surface area contributed by atoms with E-state index in [2.05, 4.69) is 15.0 Å². The Bertz CT molecular complexity index is 1160. The van der Waals surface area contributed by atoms with E-state index in [-0.39, 0.29) is 17.4 Å². The molecule has 1 aliphatic rings. The highest BCUT2D eigenvalue weighted by atomic mass is 32.2. The number of ether oxygens (including phenoxy) is 1. The number of amides is 1. The van der Waals surface area contributed by atoms with Crippen LogP contribution in [0.5, 0.6) is 5.75 Å². The number of nitrogens with zero attached hydrogens (tertiary/aromatic N) is 2. The number of fused-ring (bicyclic) bond motifs is 1. The average Bonchev–Trinajstić information content (AvgIpc) is 3.41. The molecule has 1 aromatic carbocycles. The van der Waals surface area contributed by atoms with Crippen LogP contribution in [0.15, 0.2) is 56.9 Å². The molecule has 1 aliphatic carbocycles. The molecule has 3 aromatic rings. The molecule has 2 aromatic heterocycles. The molecule has 1 N–H and O–H groups in total. The van der Waals surface area contributed by atoms with Crippen molar-refractivity contribution in [1.82, 2.24) is 9.55 Å². The van der Waals surface area contributed by atoms with Crippen LogP contribution in [0.25, 0.3) is 0 Å². The van der Waals surface area contributed by atoms with Gasteiger partial charge in [0.25, 0.3) is 0 Å². The molecule has 11 heteroatoms. The summed E-state index contributed by atoms with van der Waals surface area (Å²) in [6, 6.07) is 8.41. The van der Waals surface area contributed by atoms with Crippen LogP contribution in [0.4, 0.5) is 18.9 Å². The first kappa shape index (κ1) is 22.0. The first-order valence-electron chi connectivity index (χ1n) is 9.72. The number of benzene rings is 1. The summed E-state index contributed by atoms with van der Waals surface area (Å²) < 4.78 is 47.4. The fraction of sp³-hybridized carbons (Fsp3) is 0.286. The van der Waals surface area contributed by atoms with Crippen molar-refractivity contribution >= 4 is 23.4 Å². The van der Waals surface area contributed by atoms with E-state index in [1.165, 1.54) is 12.1 Å². The summed E-state index contributed by atoms with van der Waals surface area (Å²) in [7, 11) is 0. The number of rotatable bonds is 7. The third-order valence-corrected chi connectivity index (χ3v) is 5.82. The van der Waals surface area contributed by atoms with Gasteiger partial charge >= 0.3 is 12.1 Å². The first-order chi connectivity index (χ1) is 15.3. The van der Waals surface area contributed by atoms with Gasteiger partial charge in [-0.25, -0.2) is 4.79 Å². The van der Waals surface area contributed by atoms with Crippen LogP contribution in [-0.4, -0.2) is 27.6 Å². The largest absolute Gasteiger partial charge is 0.573 e. The normalized spacial score (nSPS) is 13.1. The van der Waals surface area contributed by atoms with Crippen LogP contribution < -0.4 is 15.7 Å². The maximum absolute atomic E-state index is 12.6. The van der Waals surface area contributed by atoms with E-state index in [1.807, 2.05) is 0 Å². The number of hydrogen-bond acceptors (Lipinski definition) is 6. The minimum absolute atomic E-state index is 0.00186. The van der Waals surface area contributed by atoms with Crippen molar-refractivity contribution in [3.05, 3.63) is 70.2 Å². The molecule has 0 atom stereocenters. The Hall–Kier alpha value is -3.21. The second-order valence-corrected chi connectivity index (χ2v) is 8.02. The lowest BCUT2D eigenvalue weighted by atomic mass is 10.2. The number of alkyl halides is 3. The summed E-state index contributed by atoms with van der Waals surface area (Å²) in [5.74, 6) is -0.0796. The van der Waals surface area contributed by atoms with E-state index >= 15 is 0 Å². The molecule has 2 heterocycles. The summed E-state index contributed by atoms with van der Waals surface area (Å²) in [5.41, 5.74) is 1.80. The Morgan fingerprint density at radius 2 is 2.00 bits per heavy atom. The second kappa shape index (κ2) is 9.11. The van der Waals surface area contributed by atoms with Crippen LogP contribution in [0.1, 0.15) is 23.4 Å². The predicted octanol–water partition coefficient (Wildman–Crippen LogP) is 4.00. The monoisotopic (exact) mass is 465 g/mol. The van der Waals surface area contributed by atoms with Crippen LogP contribution in [0, 0.1) is 0 Å². The molecule has 168 valence electrons. The molecule has 0 aliphatic heterocycles. The van der Waals surface area contributed by atoms with Crippen molar-refractivity contribution in [2.24, 2.45) is 0 Å². The van der Waals surface area contributed by atoms with Crippen LogP contribution in [-0.2, 0) is 24.2 Å². The minimum Gasteiger partial charge on any atom is -0.467 e. The molecule has 0 spiro atoms. The molecular weight excluding hydrogens is 447 g/mol. The van der Waals surface area contributed by atoms with Crippen molar-refractivity contribution in [3.63, 3.8) is 0 Å². The number of carbonyl (C=O) groups is 1. The summed E-state index contributed by atoms with van der Waals surface area (Å²) in [6.07, 6.45) is -0.815. The third kappa shape index (κ3) is 5.34. The number of aromatic nitrogens is 2. The lowest BCUT2D eigenvalue weighted by Gasteiger charge is -2.13. The topological polar surface area (TPSA) is 86.4 Å². The number of nitrogens with one attached hydrogen (secondary N) is 1. The van der Waals surface area contributed by atoms with Gasteiger partial charge in [-0.3, -0.25) is 9.36 Å². The fourth-order valence-corrected chi connectivity index (χ4v) is 4.37. The average molecular weight is 465 g/mol. The number of furan rings is 1. The molecule has 0 unspecified atom stereocenters. The van der Waals surface area contributed by atoms with Crippen molar-refractivity contribution in [3.8, 4) is 5.75 Å². The zero-order valence-electron chi connectivity index (χ0n) is 16.6. The van der Waals surface area contributed by atoms with Crippen LogP contribution in [0.2, 0.25) is 0 Å². The Labute approximate surface area is 184 Å². The molecular formula is C21H18F3N3O4S. The molecule has 0 saturated carbocycles. The molecule has 0 bridgehead atoms. The van der Waals surface area contributed by atoms with Gasteiger partial charge in [-0.2, -0.15) is 4.98 Å². The van der Waals surface area contributed by atoms with Gasteiger partial charge in [0.1, 0.15) is 16.5 Å². The van der Waals surface area contributed by atoms with Crippen molar-refractivity contribution in [1.29, 1.82) is 0 Å². The van der Waals surface area contributed by atoms with Crippen molar-refractivity contribution in [2.75, 3.05) is 11.1 Å². The van der Waals surface area contributed by atoms with E-state index in [4.69, 9.17) is 4.42 Å². The number of anilines is 1. The highest BCUT2D eigenvalue weighted by Gasteiger charge is 2.31. The Balaban J connectivity index is 1.40. The molecule has 0 fully saturated rings. The van der Waals surface area contributed by atoms with Gasteiger partial charge < -0.3 is 14.5 Å². The highest BCUT2D eigenvalue weighted by molar-refractivity contribution is 8.00. The maximum Gasteiger partial charge on any atom is 0.573 e. The second-order valence-electron chi connectivity index (χ2n) is 7.05. The van der Waals surface area contributed by atoms with Crippen LogP contribution in [0.3, 0.4) is 0 Å². The zero-order chi connectivity index (χ0) is 22.7. The quantitative estimate of drug-likeness (QED) is 0.419. The van der Waals surface area contributed by atoms with E-state index in [1.54, 1.807) is 23.0 Å². The zero-order valence-corrected chi connectivity index (χ0v) is 17.5. The lowest BCUT2D eigenvalue weighted by Crippen LogP contribution is -2.28. The summed E-state index contributed by atoms with van der Waals surface area (Å²) in [6.45, 7) is 0.306. The Morgan fingerprint density at radius 3 is 2.69 bits per heavy atom. The molecule has 1 amide bonds. The highest BCUT2D eigenvalue weighted by Crippen LogP contribution is 2.30. The van der Waals surface area contributed by atoms with E-state index in [9.17, 15) is 22.8 Å². The molecule has 0 radical (unpaired) electrons. The Morgan fingerprint density at radius 1 is 1.22 bits per heavy atom. The van der Waals surface area contributed by atoms with Crippen molar-refractivity contribution < 1.29 is 27.1 Å². The molecule has 4 rings (SSSR count). The number of thioether (sulfide) groups is 1. The van der Waals surface area contributed by atoms with E-state index in [0.29, 0.717) is 23.0 Å². The standard InChI is InChI=1S/C21H18F3N3O4S/c22-21(23,24)31-14-8-6-13(7-9-14)25-18(28)12-32-19-16-4-1-5-17(16)27(20(29)26-19)11-15-3-2-10-30-15/h2-3,6-10H,1,4-5,11-12H2,(H,25,28). The van der Waals surface area contributed by atoms with Crippen LogP contribution >= 0.6 is 11.8 Å². The van der Waals surface area contributed by atoms with E-state index in [0.717, 1.165) is 54.4 Å². The SMILES string of the molecule is O=C(CSc1nc(=O)n(Cc2ccco2)c2c1CCC2)Nc1ccc(OC(F)(F)F)cc1. The third-order valence-electron chi connectivity index (χ3n) is 4.81. The van der Waals surface area contributed by atoms with Gasteiger partial charge in [0.05, 0.1) is 18.6 Å². The Kier molecular flexibility index (Phi) is 6.26. The maximum atomic E-state index is 12.6. The molecule has 32 heavy (non-hydrogen) atoms. The summed E-state index contributed by atoms with van der Waals surface area (Å²) in [4.78, 5) is 29.1. The minimum atomic E-state index is -4.78. The van der Waals surface area contributed by atoms with E-state index < -0.39 is 12.1 Å². The molecule has 0 saturated heterocycles. The van der Waals surface area contributed by atoms with Gasteiger partial charge in [-0.15, -0.1) is 13.2 Å². The first-order valence-corrected chi connectivity index (χ1v) is 10.7. The van der Waals surface area contributed by atoms with Gasteiger partial charge in [0, 0.05) is 16.9 Å².